The summed E-state index contributed by atoms with van der Waals surface area (Å²) in [4.78, 5) is 23.9. The highest BCUT2D eigenvalue weighted by molar-refractivity contribution is 5.81. The second-order valence-corrected chi connectivity index (χ2v) is 11.8. The Hall–Kier alpha value is -4.27. The van der Waals surface area contributed by atoms with Gasteiger partial charge in [-0.25, -0.2) is 4.39 Å². The summed E-state index contributed by atoms with van der Waals surface area (Å²) in [6, 6.07) is 13.5. The number of carboxylic acids is 1. The number of carbonyl (C=O) groups is 2. The average Bonchev–Trinajstić information content (AvgIpc) is 3.05. The summed E-state index contributed by atoms with van der Waals surface area (Å²) < 4.78 is 31.9. The lowest BCUT2D eigenvalue weighted by molar-refractivity contribution is -0.141. The van der Waals surface area contributed by atoms with Crippen LogP contribution in [0.25, 0.3) is 11.1 Å². The number of aliphatic carboxylic acids is 1. The van der Waals surface area contributed by atoms with Gasteiger partial charge in [0.1, 0.15) is 28.8 Å². The minimum Gasteiger partial charge on any atom is -0.507 e. The standard InChI is InChI=1S/C37H46FNO7/c1-4-9-29-32(17-13-27-14-18-33(46-35(27)29)36(41)39-19-7-6-10-24(3)37(42)43)44-20-8-21-45-34-23-31(40)30(22-25(34)5-2)26-11-15-28(38)16-12-26/h11-13,15-17,22-24,33,40H,4-10,14,18-21H2,1-3H3,(H,39,41)(H,42,43). The van der Waals surface area contributed by atoms with E-state index in [0.717, 1.165) is 65.9 Å². The molecule has 2 unspecified atom stereocenters. The van der Waals surface area contributed by atoms with Gasteiger partial charge in [0.15, 0.2) is 6.10 Å². The van der Waals surface area contributed by atoms with Crippen molar-refractivity contribution in [3.8, 4) is 34.1 Å². The van der Waals surface area contributed by atoms with Crippen LogP contribution in [-0.4, -0.2) is 48.0 Å². The van der Waals surface area contributed by atoms with Gasteiger partial charge in [-0.2, -0.15) is 0 Å². The van der Waals surface area contributed by atoms with Crippen LogP contribution in [0, 0.1) is 11.7 Å². The van der Waals surface area contributed by atoms with Crippen LogP contribution in [-0.2, 0) is 28.9 Å². The van der Waals surface area contributed by atoms with E-state index in [1.54, 1.807) is 25.1 Å². The molecule has 0 aromatic heterocycles. The highest BCUT2D eigenvalue weighted by atomic mass is 19.1. The molecule has 0 saturated carbocycles. The zero-order chi connectivity index (χ0) is 33.1. The summed E-state index contributed by atoms with van der Waals surface area (Å²) in [5.74, 6) is 0.509. The first-order valence-electron chi connectivity index (χ1n) is 16.4. The van der Waals surface area contributed by atoms with Gasteiger partial charge >= 0.3 is 5.97 Å². The number of hydrogen-bond donors (Lipinski definition) is 3. The number of rotatable bonds is 17. The van der Waals surface area contributed by atoms with Gasteiger partial charge in [-0.05, 0) is 79.5 Å². The number of phenolic OH excluding ortho intramolecular Hbond substituents is 1. The quantitative estimate of drug-likeness (QED) is 0.134. The van der Waals surface area contributed by atoms with Crippen LogP contribution < -0.4 is 19.5 Å². The largest absolute Gasteiger partial charge is 0.507 e. The summed E-state index contributed by atoms with van der Waals surface area (Å²) >= 11 is 0. The molecule has 8 nitrogen and oxygen atoms in total. The molecule has 248 valence electrons. The van der Waals surface area contributed by atoms with E-state index in [0.29, 0.717) is 56.8 Å². The van der Waals surface area contributed by atoms with Crippen molar-refractivity contribution in [2.45, 2.75) is 84.7 Å². The number of halogens is 1. The van der Waals surface area contributed by atoms with Crippen molar-refractivity contribution in [1.29, 1.82) is 0 Å². The maximum Gasteiger partial charge on any atom is 0.306 e. The smallest absolute Gasteiger partial charge is 0.306 e. The van der Waals surface area contributed by atoms with Crippen molar-refractivity contribution in [2.24, 2.45) is 5.92 Å². The zero-order valence-electron chi connectivity index (χ0n) is 27.1. The number of fused-ring (bicyclic) bond motifs is 1. The summed E-state index contributed by atoms with van der Waals surface area (Å²) in [6.45, 7) is 7.11. The molecule has 0 spiro atoms. The van der Waals surface area contributed by atoms with Gasteiger partial charge in [0.05, 0.1) is 19.1 Å². The van der Waals surface area contributed by atoms with Crippen molar-refractivity contribution in [1.82, 2.24) is 5.32 Å². The molecule has 0 fully saturated rings. The molecule has 3 aromatic rings. The lowest BCUT2D eigenvalue weighted by atomic mass is 9.96. The number of benzene rings is 3. The molecular formula is C37H46FNO7. The van der Waals surface area contributed by atoms with E-state index < -0.39 is 12.1 Å². The summed E-state index contributed by atoms with van der Waals surface area (Å²) in [5.41, 5.74) is 4.35. The third kappa shape index (κ3) is 9.14. The second kappa shape index (κ2) is 16.9. The highest BCUT2D eigenvalue weighted by Gasteiger charge is 2.29. The molecule has 1 heterocycles. The van der Waals surface area contributed by atoms with Crippen LogP contribution in [0.1, 0.15) is 76.0 Å². The molecule has 3 aromatic carbocycles. The molecule has 1 aliphatic heterocycles. The average molecular weight is 636 g/mol. The van der Waals surface area contributed by atoms with Gasteiger partial charge in [0.25, 0.3) is 5.91 Å². The Morgan fingerprint density at radius 2 is 1.76 bits per heavy atom. The van der Waals surface area contributed by atoms with Gasteiger partial charge in [-0.3, -0.25) is 9.59 Å². The molecule has 9 heteroatoms. The number of carbonyl (C=O) groups excluding carboxylic acids is 1. The number of ether oxygens (including phenoxy) is 3. The Labute approximate surface area is 270 Å². The first-order chi connectivity index (χ1) is 22.2. The maximum absolute atomic E-state index is 13.4. The maximum atomic E-state index is 13.4. The van der Waals surface area contributed by atoms with Crippen molar-refractivity contribution in [3.05, 3.63) is 71.0 Å². The third-order valence-electron chi connectivity index (χ3n) is 8.33. The van der Waals surface area contributed by atoms with E-state index in [2.05, 4.69) is 12.2 Å². The number of amides is 1. The topological polar surface area (TPSA) is 114 Å². The van der Waals surface area contributed by atoms with Gasteiger partial charge in [-0.15, -0.1) is 0 Å². The number of carboxylic acid groups (broad SMARTS) is 1. The molecule has 46 heavy (non-hydrogen) atoms. The molecule has 0 saturated heterocycles. The lowest BCUT2D eigenvalue weighted by Crippen LogP contribution is -2.41. The fraction of sp³-hybridized carbons (Fsp3) is 0.459. The van der Waals surface area contributed by atoms with Crippen LogP contribution in [0.15, 0.2) is 48.5 Å². The van der Waals surface area contributed by atoms with Gasteiger partial charge in [-0.1, -0.05) is 51.8 Å². The third-order valence-corrected chi connectivity index (χ3v) is 8.33. The fourth-order valence-electron chi connectivity index (χ4n) is 5.63. The number of unbranched alkanes of at least 4 members (excludes halogenated alkanes) is 1. The molecular weight excluding hydrogens is 589 g/mol. The molecule has 3 N–H and O–H groups in total. The Bertz CT molecular complexity index is 1470. The van der Waals surface area contributed by atoms with Crippen molar-refractivity contribution in [2.75, 3.05) is 19.8 Å². The minimum atomic E-state index is -0.796. The molecule has 2 atom stereocenters. The van der Waals surface area contributed by atoms with E-state index in [1.807, 2.05) is 25.1 Å². The van der Waals surface area contributed by atoms with Crippen LogP contribution in [0.5, 0.6) is 23.0 Å². The van der Waals surface area contributed by atoms with Crippen molar-refractivity contribution >= 4 is 11.9 Å². The van der Waals surface area contributed by atoms with Gasteiger partial charge in [0.2, 0.25) is 0 Å². The number of phenols is 1. The van der Waals surface area contributed by atoms with Gasteiger partial charge < -0.3 is 29.7 Å². The predicted octanol–water partition coefficient (Wildman–Crippen LogP) is 7.26. The van der Waals surface area contributed by atoms with Crippen LogP contribution in [0.3, 0.4) is 0 Å². The first kappa shape index (κ1) is 34.6. The monoisotopic (exact) mass is 635 g/mol. The Morgan fingerprint density at radius 1 is 1.02 bits per heavy atom. The van der Waals surface area contributed by atoms with Crippen molar-refractivity contribution < 1.29 is 38.4 Å². The fourth-order valence-corrected chi connectivity index (χ4v) is 5.63. The minimum absolute atomic E-state index is 0.0747. The van der Waals surface area contributed by atoms with Crippen LogP contribution in [0.2, 0.25) is 0 Å². The molecule has 4 rings (SSSR count). The SMILES string of the molecule is CCCc1c(OCCCOc2cc(O)c(-c3ccc(F)cc3)cc2CC)ccc2c1OC(C(=O)NCCCCC(C)C(=O)O)CC2. The summed E-state index contributed by atoms with van der Waals surface area (Å²) in [6.07, 6.45) is 5.76. The Balaban J connectivity index is 1.30. The first-order valence-corrected chi connectivity index (χ1v) is 16.4. The Morgan fingerprint density at radius 3 is 2.46 bits per heavy atom. The highest BCUT2D eigenvalue weighted by Crippen LogP contribution is 2.39. The summed E-state index contributed by atoms with van der Waals surface area (Å²) in [7, 11) is 0. The number of hydrogen-bond acceptors (Lipinski definition) is 6. The zero-order valence-corrected chi connectivity index (χ0v) is 27.1. The van der Waals surface area contributed by atoms with Crippen LogP contribution >= 0.6 is 0 Å². The molecule has 0 radical (unpaired) electrons. The predicted molar refractivity (Wildman–Crippen MR) is 175 cm³/mol. The number of aryl methyl sites for hydroxylation is 2. The van der Waals surface area contributed by atoms with Gasteiger partial charge in [0, 0.05) is 30.2 Å². The van der Waals surface area contributed by atoms with E-state index in [1.165, 1.54) is 12.1 Å². The molecule has 1 amide bonds. The molecule has 0 aliphatic carbocycles. The lowest BCUT2D eigenvalue weighted by Gasteiger charge is -2.28. The number of aromatic hydroxyl groups is 1. The molecule has 1 aliphatic rings. The summed E-state index contributed by atoms with van der Waals surface area (Å²) in [5, 5.41) is 22.6. The van der Waals surface area contributed by atoms with Crippen LogP contribution in [0.4, 0.5) is 4.39 Å². The molecule has 0 bridgehead atoms. The second-order valence-electron chi connectivity index (χ2n) is 11.8. The number of nitrogens with one attached hydrogen (secondary N) is 1. The van der Waals surface area contributed by atoms with Crippen molar-refractivity contribution in [3.63, 3.8) is 0 Å². The van der Waals surface area contributed by atoms with E-state index in [9.17, 15) is 19.1 Å². The van der Waals surface area contributed by atoms with E-state index in [-0.39, 0.29) is 23.4 Å². The Kier molecular flexibility index (Phi) is 12.7. The van der Waals surface area contributed by atoms with E-state index >= 15 is 0 Å². The normalized spacial score (nSPS) is 14.6. The van der Waals surface area contributed by atoms with E-state index in [4.69, 9.17) is 19.3 Å².